The van der Waals surface area contributed by atoms with Crippen LogP contribution in [-0.4, -0.2) is 75.4 Å². The van der Waals surface area contributed by atoms with Crippen LogP contribution in [0, 0.1) is 11.8 Å². The lowest BCUT2D eigenvalue weighted by atomic mass is 10.2. The van der Waals surface area contributed by atoms with Crippen molar-refractivity contribution in [2.24, 2.45) is 0 Å². The molecule has 36 heavy (non-hydrogen) atoms. The van der Waals surface area contributed by atoms with E-state index in [0.717, 1.165) is 30.2 Å². The molecule has 2 saturated heterocycles. The summed E-state index contributed by atoms with van der Waals surface area (Å²) in [4.78, 5) is 35.4. The van der Waals surface area contributed by atoms with Crippen molar-refractivity contribution in [2.45, 2.75) is 38.3 Å². The number of aromatic nitrogens is 2. The van der Waals surface area contributed by atoms with Crippen molar-refractivity contribution in [3.63, 3.8) is 0 Å². The molecule has 0 aliphatic carbocycles. The molecule has 10 nitrogen and oxygen atoms in total. The molecule has 10 heteroatoms. The lowest BCUT2D eigenvalue weighted by Crippen LogP contribution is -2.52. The Balaban J connectivity index is 0.000000392. The Kier molecular flexibility index (Phi) is 9.13. The van der Waals surface area contributed by atoms with Crippen LogP contribution in [0.15, 0.2) is 48.6 Å². The topological polar surface area (TPSA) is 136 Å². The summed E-state index contributed by atoms with van der Waals surface area (Å²) in [5.41, 5.74) is 2.31. The Morgan fingerprint density at radius 2 is 1.58 bits per heavy atom. The molecular weight excluding hydrogens is 462 g/mol. The standard InChI is InChI=1S/C22H25N5O.C4H4O4/c1-3-22(28)23-17-7-4-16(5-8-17)6-9-18-10-13-21(25-24-18)27-14-19-11-12-20(15-27)26(19)2;5-3(6)1-2-4(7)8/h4-5,7-8,10,13,19-20H,3,11-12,14-15H2,1-2H3,(H,23,28);1-2H,(H,5,6)(H,7,8)/b;2-1+. The largest absolute Gasteiger partial charge is 0.478 e. The molecule has 0 saturated carbocycles. The van der Waals surface area contributed by atoms with Gasteiger partial charge in [-0.25, -0.2) is 9.59 Å². The number of piperazine rings is 1. The van der Waals surface area contributed by atoms with Crippen LogP contribution in [0.5, 0.6) is 0 Å². The van der Waals surface area contributed by atoms with E-state index in [1.807, 2.05) is 43.3 Å². The average molecular weight is 492 g/mol. The first-order valence-corrected chi connectivity index (χ1v) is 11.6. The molecular formula is C26H29N5O5. The van der Waals surface area contributed by atoms with Crippen molar-refractivity contribution in [1.82, 2.24) is 15.1 Å². The minimum atomic E-state index is -1.26. The summed E-state index contributed by atoms with van der Waals surface area (Å²) in [6, 6.07) is 12.7. The molecule has 0 radical (unpaired) electrons. The zero-order valence-corrected chi connectivity index (χ0v) is 20.2. The smallest absolute Gasteiger partial charge is 0.328 e. The van der Waals surface area contributed by atoms with Gasteiger partial charge >= 0.3 is 11.9 Å². The fourth-order valence-corrected chi connectivity index (χ4v) is 4.03. The van der Waals surface area contributed by atoms with Crippen molar-refractivity contribution in [3.8, 4) is 11.8 Å². The summed E-state index contributed by atoms with van der Waals surface area (Å²) in [7, 11) is 2.23. The monoisotopic (exact) mass is 491 g/mol. The van der Waals surface area contributed by atoms with Gasteiger partial charge in [0.05, 0.1) is 0 Å². The van der Waals surface area contributed by atoms with Crippen LogP contribution < -0.4 is 10.2 Å². The fourth-order valence-electron chi connectivity index (χ4n) is 4.03. The normalized spacial score (nSPS) is 18.6. The van der Waals surface area contributed by atoms with Crippen LogP contribution in [-0.2, 0) is 14.4 Å². The highest BCUT2D eigenvalue weighted by atomic mass is 16.4. The number of nitrogens with zero attached hydrogens (tertiary/aromatic N) is 4. The Labute approximate surface area is 209 Å². The van der Waals surface area contributed by atoms with E-state index in [9.17, 15) is 14.4 Å². The zero-order chi connectivity index (χ0) is 26.1. The first-order chi connectivity index (χ1) is 17.2. The van der Waals surface area contributed by atoms with E-state index in [1.54, 1.807) is 0 Å². The minimum absolute atomic E-state index is 0.00237. The van der Waals surface area contributed by atoms with Gasteiger partial charge in [-0.2, -0.15) is 0 Å². The van der Waals surface area contributed by atoms with Gasteiger partial charge in [-0.3, -0.25) is 9.69 Å². The van der Waals surface area contributed by atoms with Crippen molar-refractivity contribution < 1.29 is 24.6 Å². The summed E-state index contributed by atoms with van der Waals surface area (Å²) in [5.74, 6) is 4.59. The first-order valence-electron chi connectivity index (χ1n) is 11.6. The third-order valence-corrected chi connectivity index (χ3v) is 6.01. The van der Waals surface area contributed by atoms with E-state index in [-0.39, 0.29) is 5.91 Å². The van der Waals surface area contributed by atoms with Crippen molar-refractivity contribution in [2.75, 3.05) is 30.4 Å². The highest BCUT2D eigenvalue weighted by Gasteiger charge is 2.37. The molecule has 3 N–H and O–H groups in total. The molecule has 1 amide bonds. The lowest BCUT2D eigenvalue weighted by molar-refractivity contribution is -0.134. The third kappa shape index (κ3) is 7.65. The average Bonchev–Trinajstić information content (AvgIpc) is 3.07. The second-order valence-electron chi connectivity index (χ2n) is 8.47. The predicted molar refractivity (Wildman–Crippen MR) is 135 cm³/mol. The number of aliphatic carboxylic acids is 2. The van der Waals surface area contributed by atoms with Crippen molar-refractivity contribution >= 4 is 29.4 Å². The number of carbonyl (C=O) groups excluding carboxylic acids is 1. The van der Waals surface area contributed by atoms with Gasteiger partial charge in [0.25, 0.3) is 0 Å². The van der Waals surface area contributed by atoms with E-state index in [4.69, 9.17) is 10.2 Å². The third-order valence-electron chi connectivity index (χ3n) is 6.01. The molecule has 2 atom stereocenters. The maximum Gasteiger partial charge on any atom is 0.328 e. The van der Waals surface area contributed by atoms with Crippen LogP contribution in [0.4, 0.5) is 11.5 Å². The summed E-state index contributed by atoms with van der Waals surface area (Å²) in [6.07, 6.45) is 4.13. The molecule has 1 aromatic heterocycles. The maximum absolute atomic E-state index is 11.4. The second-order valence-corrected chi connectivity index (χ2v) is 8.47. The number of carboxylic acids is 2. The number of carbonyl (C=O) groups is 3. The molecule has 188 valence electrons. The van der Waals surface area contributed by atoms with E-state index >= 15 is 0 Å². The molecule has 1 aromatic carbocycles. The van der Waals surface area contributed by atoms with E-state index in [2.05, 4.69) is 44.2 Å². The van der Waals surface area contributed by atoms with Gasteiger partial charge in [0, 0.05) is 55.0 Å². The summed E-state index contributed by atoms with van der Waals surface area (Å²) < 4.78 is 0. The van der Waals surface area contributed by atoms with Gasteiger partial charge in [-0.05, 0) is 62.2 Å². The van der Waals surface area contributed by atoms with Gasteiger partial charge in [0.15, 0.2) is 5.82 Å². The van der Waals surface area contributed by atoms with Gasteiger partial charge in [0.1, 0.15) is 5.69 Å². The van der Waals surface area contributed by atoms with E-state index < -0.39 is 11.9 Å². The van der Waals surface area contributed by atoms with Crippen LogP contribution >= 0.6 is 0 Å². The number of amides is 1. The maximum atomic E-state index is 11.4. The first kappa shape index (κ1) is 26.4. The molecule has 2 aromatic rings. The number of benzene rings is 1. The number of likely N-dealkylation sites (N-methyl/N-ethyl adjacent to an activating group) is 1. The molecule has 2 fully saturated rings. The molecule has 2 aliphatic heterocycles. The molecule has 4 rings (SSSR count). The summed E-state index contributed by atoms with van der Waals surface area (Å²) in [6.45, 7) is 3.87. The van der Waals surface area contributed by atoms with Gasteiger partial charge in [0.2, 0.25) is 5.91 Å². The molecule has 2 aliphatic rings. The Bertz CT molecular complexity index is 1140. The van der Waals surface area contributed by atoms with E-state index in [1.165, 1.54) is 12.8 Å². The molecule has 2 unspecified atom stereocenters. The highest BCUT2D eigenvalue weighted by molar-refractivity contribution is 5.90. The number of hydrogen-bond donors (Lipinski definition) is 3. The Morgan fingerprint density at radius 3 is 2.08 bits per heavy atom. The number of nitrogens with one attached hydrogen (secondary N) is 1. The van der Waals surface area contributed by atoms with Crippen LogP contribution in [0.25, 0.3) is 0 Å². The Morgan fingerprint density at radius 1 is 0.972 bits per heavy atom. The SMILES string of the molecule is CCC(=O)Nc1ccc(C#Cc2ccc(N3CC4CCC(C3)N4C)nn2)cc1.O=C(O)/C=C/C(=O)O. The summed E-state index contributed by atoms with van der Waals surface area (Å²) >= 11 is 0. The van der Waals surface area contributed by atoms with Crippen LogP contribution in [0.1, 0.15) is 37.4 Å². The predicted octanol–water partition coefficient (Wildman–Crippen LogP) is 2.22. The highest BCUT2D eigenvalue weighted by Crippen LogP contribution is 2.30. The van der Waals surface area contributed by atoms with Crippen LogP contribution in [0.2, 0.25) is 0 Å². The number of hydrogen-bond acceptors (Lipinski definition) is 7. The Hall–Kier alpha value is -4.23. The molecule has 2 bridgehead atoms. The quantitative estimate of drug-likeness (QED) is 0.425. The zero-order valence-electron chi connectivity index (χ0n) is 20.2. The molecule has 3 heterocycles. The number of rotatable bonds is 5. The van der Waals surface area contributed by atoms with E-state index in [0.29, 0.717) is 36.4 Å². The fraction of sp³-hybridized carbons (Fsp3) is 0.346. The minimum Gasteiger partial charge on any atom is -0.478 e. The van der Waals surface area contributed by atoms with Gasteiger partial charge in [-0.15, -0.1) is 10.2 Å². The van der Waals surface area contributed by atoms with Gasteiger partial charge in [-0.1, -0.05) is 12.8 Å². The second kappa shape index (κ2) is 12.5. The van der Waals surface area contributed by atoms with Crippen molar-refractivity contribution in [1.29, 1.82) is 0 Å². The number of anilines is 2. The summed E-state index contributed by atoms with van der Waals surface area (Å²) in [5, 5.41) is 27.1. The molecule has 0 spiro atoms. The van der Waals surface area contributed by atoms with Crippen LogP contribution in [0.3, 0.4) is 0 Å². The lowest BCUT2D eigenvalue weighted by Gasteiger charge is -2.39. The number of fused-ring (bicyclic) bond motifs is 2. The van der Waals surface area contributed by atoms with Crippen molar-refractivity contribution in [3.05, 3.63) is 59.8 Å². The number of carboxylic acid groups (broad SMARTS) is 2. The van der Waals surface area contributed by atoms with Gasteiger partial charge < -0.3 is 20.4 Å².